The molecule has 0 unspecified atom stereocenters. The summed E-state index contributed by atoms with van der Waals surface area (Å²) in [6.45, 7) is 1.77. The minimum absolute atomic E-state index is 0.211. The third-order valence-corrected chi connectivity index (χ3v) is 3.03. The van der Waals surface area contributed by atoms with Crippen LogP contribution in [0.1, 0.15) is 18.4 Å². The van der Waals surface area contributed by atoms with E-state index in [0.29, 0.717) is 18.5 Å². The second-order valence-corrected chi connectivity index (χ2v) is 4.55. The summed E-state index contributed by atoms with van der Waals surface area (Å²) in [6, 6.07) is 4.21. The van der Waals surface area contributed by atoms with Gasteiger partial charge in [-0.05, 0) is 37.5 Å². The standard InChI is InChI=1S/C12H14F3N3O/c1-7-2-3-9(6-10(7)17-16)18(8-4-5-8)11(19)12(13,14)15/h2-3,6,8,17H,4-5,16H2,1H3. The molecule has 3 N–H and O–H groups in total. The fourth-order valence-electron chi connectivity index (χ4n) is 1.88. The molecule has 1 aromatic carbocycles. The summed E-state index contributed by atoms with van der Waals surface area (Å²) < 4.78 is 37.8. The molecule has 1 aliphatic carbocycles. The van der Waals surface area contributed by atoms with E-state index in [9.17, 15) is 18.0 Å². The van der Waals surface area contributed by atoms with Crippen LogP contribution in [-0.4, -0.2) is 18.1 Å². The Morgan fingerprint density at radius 2 is 2.05 bits per heavy atom. The summed E-state index contributed by atoms with van der Waals surface area (Å²) in [5.74, 6) is 3.47. The van der Waals surface area contributed by atoms with E-state index in [2.05, 4.69) is 5.43 Å². The summed E-state index contributed by atoms with van der Waals surface area (Å²) >= 11 is 0. The van der Waals surface area contributed by atoms with Gasteiger partial charge in [-0.25, -0.2) is 0 Å². The maximum Gasteiger partial charge on any atom is 0.471 e. The van der Waals surface area contributed by atoms with Gasteiger partial charge in [-0.15, -0.1) is 0 Å². The van der Waals surface area contributed by atoms with Crippen LogP contribution in [0.3, 0.4) is 0 Å². The summed E-state index contributed by atoms with van der Waals surface area (Å²) in [5, 5.41) is 0. The van der Waals surface area contributed by atoms with Crippen LogP contribution in [0, 0.1) is 6.92 Å². The van der Waals surface area contributed by atoms with E-state index in [1.54, 1.807) is 13.0 Å². The summed E-state index contributed by atoms with van der Waals surface area (Å²) in [6.07, 6.45) is -3.70. The molecule has 0 atom stereocenters. The molecular formula is C12H14F3N3O. The zero-order valence-electron chi connectivity index (χ0n) is 10.3. The van der Waals surface area contributed by atoms with E-state index < -0.39 is 12.1 Å². The van der Waals surface area contributed by atoms with Gasteiger partial charge in [0.1, 0.15) is 0 Å². The number of nitrogens with one attached hydrogen (secondary N) is 1. The predicted octanol–water partition coefficient (Wildman–Crippen LogP) is 2.34. The molecule has 19 heavy (non-hydrogen) atoms. The van der Waals surface area contributed by atoms with E-state index in [4.69, 9.17) is 5.84 Å². The van der Waals surface area contributed by atoms with Crippen LogP contribution < -0.4 is 16.2 Å². The molecule has 0 spiro atoms. The van der Waals surface area contributed by atoms with Crippen LogP contribution in [0.2, 0.25) is 0 Å². The minimum Gasteiger partial charge on any atom is -0.324 e. The summed E-state index contributed by atoms with van der Waals surface area (Å²) in [7, 11) is 0. The number of hydrogen-bond donors (Lipinski definition) is 2. The van der Waals surface area contributed by atoms with E-state index in [1.165, 1.54) is 12.1 Å². The lowest BCUT2D eigenvalue weighted by atomic mass is 10.1. The van der Waals surface area contributed by atoms with E-state index >= 15 is 0 Å². The lowest BCUT2D eigenvalue weighted by molar-refractivity contribution is -0.170. The van der Waals surface area contributed by atoms with Gasteiger partial charge in [-0.1, -0.05) is 6.07 Å². The molecule has 0 aromatic heterocycles. The van der Waals surface area contributed by atoms with Crippen LogP contribution in [-0.2, 0) is 4.79 Å². The van der Waals surface area contributed by atoms with Crippen molar-refractivity contribution in [3.63, 3.8) is 0 Å². The highest BCUT2D eigenvalue weighted by Gasteiger charge is 2.47. The van der Waals surface area contributed by atoms with Crippen molar-refractivity contribution < 1.29 is 18.0 Å². The van der Waals surface area contributed by atoms with E-state index in [0.717, 1.165) is 10.5 Å². The third kappa shape index (κ3) is 2.81. The van der Waals surface area contributed by atoms with Crippen molar-refractivity contribution in [3.05, 3.63) is 23.8 Å². The molecule has 104 valence electrons. The first-order chi connectivity index (χ1) is 8.84. The average Bonchev–Trinajstić information content (AvgIpc) is 3.14. The lowest BCUT2D eigenvalue weighted by Crippen LogP contribution is -2.42. The number of carbonyl (C=O) groups is 1. The second kappa shape index (κ2) is 4.73. The summed E-state index contributed by atoms with van der Waals surface area (Å²) in [5.41, 5.74) is 3.91. The van der Waals surface area contributed by atoms with Gasteiger partial charge >= 0.3 is 12.1 Å². The Bertz CT molecular complexity index is 497. The smallest absolute Gasteiger partial charge is 0.324 e. The van der Waals surface area contributed by atoms with Gasteiger partial charge in [-0.3, -0.25) is 10.6 Å². The molecule has 0 saturated heterocycles. The van der Waals surface area contributed by atoms with Crippen molar-refractivity contribution >= 4 is 17.3 Å². The largest absolute Gasteiger partial charge is 0.471 e. The van der Waals surface area contributed by atoms with Gasteiger partial charge < -0.3 is 10.3 Å². The summed E-state index contributed by atoms with van der Waals surface area (Å²) in [4.78, 5) is 12.3. The molecule has 2 rings (SSSR count). The molecule has 1 amide bonds. The first-order valence-electron chi connectivity index (χ1n) is 5.82. The number of nitrogen functional groups attached to an aromatic ring is 1. The van der Waals surface area contributed by atoms with Crippen molar-refractivity contribution in [1.29, 1.82) is 0 Å². The molecule has 7 heteroatoms. The molecule has 0 radical (unpaired) electrons. The number of benzene rings is 1. The molecule has 4 nitrogen and oxygen atoms in total. The highest BCUT2D eigenvalue weighted by molar-refractivity contribution is 5.98. The number of hydrogen-bond acceptors (Lipinski definition) is 3. The maximum absolute atomic E-state index is 12.6. The Hall–Kier alpha value is -1.76. The molecule has 1 aromatic rings. The number of amides is 1. The Balaban J connectivity index is 2.37. The fraction of sp³-hybridized carbons (Fsp3) is 0.417. The van der Waals surface area contributed by atoms with Crippen LogP contribution in [0.25, 0.3) is 0 Å². The topological polar surface area (TPSA) is 58.4 Å². The first kappa shape index (κ1) is 13.7. The molecular weight excluding hydrogens is 259 g/mol. The molecule has 1 aliphatic rings. The number of halogens is 3. The average molecular weight is 273 g/mol. The molecule has 0 bridgehead atoms. The molecule has 1 fully saturated rings. The second-order valence-electron chi connectivity index (χ2n) is 4.55. The van der Waals surface area contributed by atoms with E-state index in [-0.39, 0.29) is 11.7 Å². The minimum atomic E-state index is -4.87. The number of hydrazine groups is 1. The monoisotopic (exact) mass is 273 g/mol. The Kier molecular flexibility index (Phi) is 3.40. The normalized spacial score (nSPS) is 15.2. The van der Waals surface area contributed by atoms with Crippen molar-refractivity contribution in [2.24, 2.45) is 5.84 Å². The lowest BCUT2D eigenvalue weighted by Gasteiger charge is -2.24. The van der Waals surface area contributed by atoms with Gasteiger partial charge in [0.25, 0.3) is 0 Å². The zero-order chi connectivity index (χ0) is 14.2. The SMILES string of the molecule is Cc1ccc(N(C(=O)C(F)(F)F)C2CC2)cc1NN. The zero-order valence-corrected chi connectivity index (χ0v) is 10.3. The van der Waals surface area contributed by atoms with E-state index in [1.807, 2.05) is 0 Å². The number of anilines is 2. The maximum atomic E-state index is 12.6. The van der Waals surface area contributed by atoms with Crippen molar-refractivity contribution in [3.8, 4) is 0 Å². The van der Waals surface area contributed by atoms with Crippen molar-refractivity contribution in [2.45, 2.75) is 32.0 Å². The fourth-order valence-corrected chi connectivity index (χ4v) is 1.88. The number of aryl methyl sites for hydroxylation is 1. The third-order valence-electron chi connectivity index (χ3n) is 3.03. The van der Waals surface area contributed by atoms with Crippen molar-refractivity contribution in [2.75, 3.05) is 10.3 Å². The highest BCUT2D eigenvalue weighted by atomic mass is 19.4. The number of rotatable bonds is 3. The first-order valence-corrected chi connectivity index (χ1v) is 5.82. The van der Waals surface area contributed by atoms with Gasteiger partial charge in [0, 0.05) is 11.7 Å². The number of nitrogens with two attached hydrogens (primary N) is 1. The Morgan fingerprint density at radius 3 is 2.53 bits per heavy atom. The van der Waals surface area contributed by atoms with Crippen LogP contribution in [0.4, 0.5) is 24.5 Å². The molecule has 1 saturated carbocycles. The highest BCUT2D eigenvalue weighted by Crippen LogP contribution is 2.36. The van der Waals surface area contributed by atoms with Crippen LogP contribution >= 0.6 is 0 Å². The molecule has 0 aliphatic heterocycles. The quantitative estimate of drug-likeness (QED) is 0.656. The predicted molar refractivity (Wildman–Crippen MR) is 65.6 cm³/mol. The molecule has 0 heterocycles. The van der Waals surface area contributed by atoms with Crippen LogP contribution in [0.5, 0.6) is 0 Å². The number of nitrogens with zero attached hydrogens (tertiary/aromatic N) is 1. The van der Waals surface area contributed by atoms with Crippen LogP contribution in [0.15, 0.2) is 18.2 Å². The number of alkyl halides is 3. The Morgan fingerprint density at radius 1 is 1.42 bits per heavy atom. The van der Waals surface area contributed by atoms with Gasteiger partial charge in [0.2, 0.25) is 0 Å². The number of carbonyl (C=O) groups excluding carboxylic acids is 1. The van der Waals surface area contributed by atoms with Crippen molar-refractivity contribution in [1.82, 2.24) is 0 Å². The van der Waals surface area contributed by atoms with Gasteiger partial charge in [0.15, 0.2) is 0 Å². The van der Waals surface area contributed by atoms with Gasteiger partial charge in [-0.2, -0.15) is 13.2 Å². The Labute approximate surface area is 108 Å². The van der Waals surface area contributed by atoms with Gasteiger partial charge in [0.05, 0.1) is 5.69 Å².